The number of aryl methyl sites for hydroxylation is 1. The Kier molecular flexibility index (Phi) is 3.78. The minimum absolute atomic E-state index is 0.952. The maximum absolute atomic E-state index is 4.36. The van der Waals surface area contributed by atoms with Crippen molar-refractivity contribution in [1.29, 1.82) is 0 Å². The highest BCUT2D eigenvalue weighted by molar-refractivity contribution is 5.55. The molecule has 19 heavy (non-hydrogen) atoms. The van der Waals surface area contributed by atoms with Crippen molar-refractivity contribution < 1.29 is 0 Å². The molecule has 1 heterocycles. The van der Waals surface area contributed by atoms with Crippen LogP contribution in [0.5, 0.6) is 0 Å². The summed E-state index contributed by atoms with van der Waals surface area (Å²) in [6.07, 6.45) is 7.97. The molecule has 0 fully saturated rings. The molecule has 1 aromatic carbocycles. The Morgan fingerprint density at radius 1 is 1.00 bits per heavy atom. The van der Waals surface area contributed by atoms with Gasteiger partial charge >= 0.3 is 0 Å². The number of hydrogen-bond acceptors (Lipinski definition) is 2. The van der Waals surface area contributed by atoms with Gasteiger partial charge in [-0.3, -0.25) is 4.98 Å². The Hall–Kier alpha value is -1.83. The third-order valence-corrected chi connectivity index (χ3v) is 3.82. The van der Waals surface area contributed by atoms with Gasteiger partial charge in [0.1, 0.15) is 0 Å². The number of hydrogen-bond donors (Lipinski definition) is 1. The zero-order valence-electron chi connectivity index (χ0n) is 11.2. The third-order valence-electron chi connectivity index (χ3n) is 3.82. The Labute approximate surface area is 114 Å². The molecule has 0 spiro atoms. The lowest BCUT2D eigenvalue weighted by atomic mass is 9.90. The highest BCUT2D eigenvalue weighted by Crippen LogP contribution is 2.27. The first-order chi connectivity index (χ1) is 9.43. The van der Waals surface area contributed by atoms with Crippen molar-refractivity contribution in [3.05, 3.63) is 59.4 Å². The molecule has 0 saturated carbocycles. The number of aromatic nitrogens is 1. The van der Waals surface area contributed by atoms with Crippen LogP contribution in [0.25, 0.3) is 0 Å². The second-order valence-corrected chi connectivity index (χ2v) is 5.15. The van der Waals surface area contributed by atoms with E-state index < -0.39 is 0 Å². The zero-order chi connectivity index (χ0) is 12.9. The average molecular weight is 252 g/mol. The summed E-state index contributed by atoms with van der Waals surface area (Å²) >= 11 is 0. The van der Waals surface area contributed by atoms with Crippen LogP contribution in [0.3, 0.4) is 0 Å². The predicted molar refractivity (Wildman–Crippen MR) is 79.5 cm³/mol. The summed E-state index contributed by atoms with van der Waals surface area (Å²) in [5.41, 5.74) is 5.55. The molecule has 98 valence electrons. The molecule has 2 aromatic rings. The zero-order valence-corrected chi connectivity index (χ0v) is 11.2. The van der Waals surface area contributed by atoms with Crippen LogP contribution in [-0.2, 0) is 19.3 Å². The average Bonchev–Trinajstić information content (AvgIpc) is 2.49. The number of anilines is 1. The van der Waals surface area contributed by atoms with Gasteiger partial charge in [-0.25, -0.2) is 0 Å². The van der Waals surface area contributed by atoms with E-state index in [0.29, 0.717) is 0 Å². The van der Waals surface area contributed by atoms with Crippen LogP contribution >= 0.6 is 0 Å². The first-order valence-corrected chi connectivity index (χ1v) is 7.18. The van der Waals surface area contributed by atoms with Gasteiger partial charge in [0.15, 0.2) is 0 Å². The second kappa shape index (κ2) is 5.87. The first kappa shape index (κ1) is 12.2. The fourth-order valence-electron chi connectivity index (χ4n) is 2.82. The van der Waals surface area contributed by atoms with Crippen LogP contribution < -0.4 is 5.32 Å². The third kappa shape index (κ3) is 2.95. The van der Waals surface area contributed by atoms with Crippen LogP contribution in [0.2, 0.25) is 0 Å². The number of fused-ring (bicyclic) bond motifs is 1. The van der Waals surface area contributed by atoms with E-state index >= 15 is 0 Å². The molecule has 0 atom stereocenters. The van der Waals surface area contributed by atoms with Gasteiger partial charge in [-0.15, -0.1) is 0 Å². The Morgan fingerprint density at radius 2 is 1.95 bits per heavy atom. The number of pyridine rings is 1. The number of nitrogens with one attached hydrogen (secondary N) is 1. The summed E-state index contributed by atoms with van der Waals surface area (Å²) in [6.45, 7) is 0.952. The van der Waals surface area contributed by atoms with Gasteiger partial charge in [0.05, 0.1) is 0 Å². The molecule has 3 rings (SSSR count). The van der Waals surface area contributed by atoms with E-state index in [0.717, 1.165) is 18.7 Å². The Morgan fingerprint density at radius 3 is 2.84 bits per heavy atom. The molecule has 0 radical (unpaired) electrons. The van der Waals surface area contributed by atoms with Crippen LogP contribution in [0.15, 0.2) is 42.6 Å². The Bertz CT molecular complexity index is 534. The fraction of sp³-hybridized carbons (Fsp3) is 0.353. The smallest absolute Gasteiger partial charge is 0.0421 e. The largest absolute Gasteiger partial charge is 0.384 e. The van der Waals surface area contributed by atoms with Gasteiger partial charge in [-0.1, -0.05) is 18.2 Å². The molecular weight excluding hydrogens is 232 g/mol. The van der Waals surface area contributed by atoms with Gasteiger partial charge in [0.2, 0.25) is 0 Å². The van der Waals surface area contributed by atoms with Crippen LogP contribution in [0, 0.1) is 0 Å². The highest BCUT2D eigenvalue weighted by atomic mass is 14.9. The molecule has 1 aromatic heterocycles. The van der Waals surface area contributed by atoms with Gasteiger partial charge in [0, 0.05) is 30.5 Å². The summed E-state index contributed by atoms with van der Waals surface area (Å²) in [7, 11) is 0. The SMILES string of the molecule is c1ccc(CCNc2cccc3c2CCCC3)nc1. The molecule has 0 aliphatic heterocycles. The van der Waals surface area contributed by atoms with E-state index in [9.17, 15) is 0 Å². The number of benzene rings is 1. The minimum Gasteiger partial charge on any atom is -0.384 e. The van der Waals surface area contributed by atoms with Gasteiger partial charge in [0.25, 0.3) is 0 Å². The summed E-state index contributed by atoms with van der Waals surface area (Å²) in [6, 6.07) is 12.8. The van der Waals surface area contributed by atoms with Gasteiger partial charge in [-0.05, 0) is 55.0 Å². The quantitative estimate of drug-likeness (QED) is 0.899. The summed E-state index contributed by atoms with van der Waals surface area (Å²) < 4.78 is 0. The van der Waals surface area contributed by atoms with E-state index in [1.807, 2.05) is 18.3 Å². The van der Waals surface area contributed by atoms with Crippen molar-refractivity contribution in [2.45, 2.75) is 32.1 Å². The van der Waals surface area contributed by atoms with Crippen LogP contribution in [0.1, 0.15) is 29.7 Å². The van der Waals surface area contributed by atoms with E-state index in [-0.39, 0.29) is 0 Å². The maximum Gasteiger partial charge on any atom is 0.0421 e. The lowest BCUT2D eigenvalue weighted by Gasteiger charge is -2.20. The molecule has 0 amide bonds. The van der Waals surface area contributed by atoms with Gasteiger partial charge in [-0.2, -0.15) is 0 Å². The lowest BCUT2D eigenvalue weighted by Crippen LogP contribution is -2.11. The molecule has 1 aliphatic carbocycles. The van der Waals surface area contributed by atoms with Crippen LogP contribution in [0.4, 0.5) is 5.69 Å². The second-order valence-electron chi connectivity index (χ2n) is 5.15. The van der Waals surface area contributed by atoms with Crippen molar-refractivity contribution in [1.82, 2.24) is 4.98 Å². The summed E-state index contributed by atoms with van der Waals surface area (Å²) in [5.74, 6) is 0. The fourth-order valence-corrected chi connectivity index (χ4v) is 2.82. The van der Waals surface area contributed by atoms with Gasteiger partial charge < -0.3 is 5.32 Å². The number of nitrogens with zero attached hydrogens (tertiary/aromatic N) is 1. The topological polar surface area (TPSA) is 24.9 Å². The normalized spacial score (nSPS) is 13.9. The van der Waals surface area contributed by atoms with Crippen molar-refractivity contribution >= 4 is 5.69 Å². The predicted octanol–water partition coefficient (Wildman–Crippen LogP) is 3.62. The van der Waals surface area contributed by atoms with Crippen molar-refractivity contribution in [2.75, 3.05) is 11.9 Å². The first-order valence-electron chi connectivity index (χ1n) is 7.18. The lowest BCUT2D eigenvalue weighted by molar-refractivity contribution is 0.686. The summed E-state index contributed by atoms with van der Waals surface area (Å²) in [4.78, 5) is 4.36. The molecular formula is C17H20N2. The number of rotatable bonds is 4. The molecule has 2 heteroatoms. The molecule has 0 bridgehead atoms. The minimum atomic E-state index is 0.952. The molecule has 1 aliphatic rings. The molecule has 0 unspecified atom stereocenters. The monoisotopic (exact) mass is 252 g/mol. The van der Waals surface area contributed by atoms with Crippen molar-refractivity contribution in [2.24, 2.45) is 0 Å². The standard InChI is InChI=1S/C17H20N2/c1-2-9-16-14(6-1)7-5-10-17(16)19-13-11-15-8-3-4-12-18-15/h3-5,7-8,10,12,19H,1-2,6,9,11,13H2. The highest BCUT2D eigenvalue weighted by Gasteiger charge is 2.12. The maximum atomic E-state index is 4.36. The van der Waals surface area contributed by atoms with E-state index in [1.165, 1.54) is 42.5 Å². The van der Waals surface area contributed by atoms with Crippen LogP contribution in [-0.4, -0.2) is 11.5 Å². The van der Waals surface area contributed by atoms with E-state index in [2.05, 4.69) is 34.6 Å². The Balaban J connectivity index is 1.64. The van der Waals surface area contributed by atoms with E-state index in [1.54, 1.807) is 0 Å². The molecule has 1 N–H and O–H groups in total. The molecule has 2 nitrogen and oxygen atoms in total. The van der Waals surface area contributed by atoms with Crippen molar-refractivity contribution in [3.63, 3.8) is 0 Å². The summed E-state index contributed by atoms with van der Waals surface area (Å²) in [5, 5.41) is 3.58. The van der Waals surface area contributed by atoms with E-state index in [4.69, 9.17) is 0 Å². The molecule has 0 saturated heterocycles. The van der Waals surface area contributed by atoms with Crippen molar-refractivity contribution in [3.8, 4) is 0 Å².